The number of allylic oxidation sites excluding steroid dienone is 4. The Kier molecular flexibility index (Phi) is 13.0. The Morgan fingerprint density at radius 2 is 1.35 bits per heavy atom. The molecule has 0 aromatic rings. The zero-order chi connectivity index (χ0) is 23.3. The Morgan fingerprint density at radius 1 is 0.903 bits per heavy atom. The maximum Gasteiger partial charge on any atom is 0.398 e. The molecule has 0 amide bonds. The van der Waals surface area contributed by atoms with Crippen LogP contribution in [0.4, 0.5) is 0 Å². The first-order valence-electron chi connectivity index (χ1n) is 11.8. The van der Waals surface area contributed by atoms with E-state index in [1.807, 2.05) is 0 Å². The Balaban J connectivity index is 0.000000701. The van der Waals surface area contributed by atoms with E-state index in [0.717, 1.165) is 6.04 Å². The van der Waals surface area contributed by atoms with Crippen LogP contribution in [0.1, 0.15) is 59.8 Å². The van der Waals surface area contributed by atoms with Gasteiger partial charge in [-0.3, -0.25) is 0 Å². The molecule has 1 saturated carbocycles. The summed E-state index contributed by atoms with van der Waals surface area (Å²) in [5.74, 6) is 0.490. The van der Waals surface area contributed by atoms with E-state index in [1.165, 1.54) is 54.4 Å². The third-order valence-electron chi connectivity index (χ3n) is 6.48. The van der Waals surface area contributed by atoms with Crippen molar-refractivity contribution in [1.29, 1.82) is 0 Å². The number of rotatable bonds is 4. The summed E-state index contributed by atoms with van der Waals surface area (Å²) in [6.45, 7) is 22.6. The van der Waals surface area contributed by atoms with Gasteiger partial charge in [-0.2, -0.15) is 0 Å². The molecular formula is C25H47NOSi3Ti. The summed E-state index contributed by atoms with van der Waals surface area (Å²) in [4.78, 5) is 0. The largest absolute Gasteiger partial charge is 0.398 e. The van der Waals surface area contributed by atoms with Gasteiger partial charge in [0, 0.05) is 40.9 Å². The molecule has 1 atom stereocenters. The first kappa shape index (κ1) is 31.0. The van der Waals surface area contributed by atoms with Gasteiger partial charge in [-0.1, -0.05) is 76.6 Å². The van der Waals surface area contributed by atoms with Crippen molar-refractivity contribution in [2.75, 3.05) is 7.05 Å². The van der Waals surface area contributed by atoms with Crippen LogP contribution in [0, 0.1) is 17.0 Å². The third kappa shape index (κ3) is 10.7. The molecule has 0 N–H and O–H groups in total. The molecule has 2 nitrogen and oxygen atoms in total. The molecule has 0 radical (unpaired) electrons. The minimum Gasteiger partial charge on any atom is -0.377 e. The van der Waals surface area contributed by atoms with Crippen molar-refractivity contribution < 1.29 is 26.2 Å². The van der Waals surface area contributed by atoms with E-state index in [4.69, 9.17) is 0 Å². The molecule has 174 valence electrons. The maximum atomic E-state index is 12.8. The van der Waals surface area contributed by atoms with Crippen molar-refractivity contribution in [3.63, 3.8) is 0 Å². The maximum absolute atomic E-state index is 12.8. The average Bonchev–Trinajstić information content (AvgIpc) is 2.84. The van der Waals surface area contributed by atoms with Crippen LogP contribution >= 0.6 is 0 Å². The zero-order valence-corrected chi connectivity index (χ0v) is 26.8. The molecule has 0 heterocycles. The van der Waals surface area contributed by atoms with Gasteiger partial charge in [0.25, 0.3) is 0 Å². The van der Waals surface area contributed by atoms with Crippen LogP contribution in [0.25, 0.3) is 0 Å². The van der Waals surface area contributed by atoms with Crippen LogP contribution in [0.5, 0.6) is 0 Å². The molecule has 0 bridgehead atoms. The van der Waals surface area contributed by atoms with Gasteiger partial charge in [-0.25, -0.2) is 0 Å². The molecule has 0 aromatic heterocycles. The molecule has 0 saturated heterocycles. The van der Waals surface area contributed by atoms with Gasteiger partial charge in [-0.15, -0.1) is 11.1 Å². The fourth-order valence-corrected chi connectivity index (χ4v) is 8.88. The van der Waals surface area contributed by atoms with Gasteiger partial charge in [-0.05, 0) is 50.7 Å². The summed E-state index contributed by atoms with van der Waals surface area (Å²) in [7, 11) is -1.77. The van der Waals surface area contributed by atoms with Gasteiger partial charge >= 0.3 is 8.84 Å². The summed E-state index contributed by atoms with van der Waals surface area (Å²) in [5.41, 5.74) is 12.5. The molecule has 1 fully saturated rings. The molecule has 6 heteroatoms. The van der Waals surface area contributed by atoms with Crippen molar-refractivity contribution in [3.8, 4) is 11.1 Å². The average molecular weight is 510 g/mol. The molecule has 2 rings (SSSR count). The standard InChI is InChI=1S/C17H29NOSi.C8H18Si2.Ti/c1-12-13(2)15(4)17(14(12)3)11-20(19)18(5)16-9-7-6-8-10-16;1-9(2,3)7-8-10(4,5)6;/h14,16H,6-11H2,1-5H3;1-6H3;. The van der Waals surface area contributed by atoms with Crippen LogP contribution in [-0.2, 0) is 26.2 Å². The summed E-state index contributed by atoms with van der Waals surface area (Å²) in [5, 5.41) is 0. The summed E-state index contributed by atoms with van der Waals surface area (Å²) < 4.78 is 15.0. The first-order valence-corrected chi connectivity index (χ1v) is 20.4. The predicted molar refractivity (Wildman–Crippen MR) is 141 cm³/mol. The van der Waals surface area contributed by atoms with Crippen molar-refractivity contribution in [3.05, 3.63) is 22.3 Å². The van der Waals surface area contributed by atoms with Crippen molar-refractivity contribution >= 4 is 25.0 Å². The van der Waals surface area contributed by atoms with E-state index in [1.54, 1.807) is 0 Å². The summed E-state index contributed by atoms with van der Waals surface area (Å²) in [6, 6.07) is 1.35. The van der Waals surface area contributed by atoms with Crippen LogP contribution in [-0.4, -0.2) is 42.6 Å². The van der Waals surface area contributed by atoms with Crippen LogP contribution < -0.4 is 0 Å². The zero-order valence-electron chi connectivity index (χ0n) is 22.3. The second-order valence-electron chi connectivity index (χ2n) is 11.4. The Labute approximate surface area is 212 Å². The minimum atomic E-state index is -1.66. The van der Waals surface area contributed by atoms with E-state index in [0.29, 0.717) is 12.0 Å². The van der Waals surface area contributed by atoms with Crippen LogP contribution in [0.15, 0.2) is 22.3 Å². The molecule has 2 aliphatic rings. The van der Waals surface area contributed by atoms with Gasteiger partial charge in [0.2, 0.25) is 0 Å². The van der Waals surface area contributed by atoms with Gasteiger partial charge < -0.3 is 9.03 Å². The SMILES string of the molecule is CC1=C(C)C(C)C(C[Si](=O)N(C)C2CCCCC2)=C1C.C[Si](C)(C)C#C[Si](C)(C)C.[Ti]. The topological polar surface area (TPSA) is 20.3 Å². The molecule has 1 unspecified atom stereocenters. The monoisotopic (exact) mass is 509 g/mol. The van der Waals surface area contributed by atoms with Gasteiger partial charge in [0.1, 0.15) is 16.1 Å². The fourth-order valence-electron chi connectivity index (χ4n) is 4.07. The minimum absolute atomic E-state index is 0. The predicted octanol–water partition coefficient (Wildman–Crippen LogP) is 7.21. The summed E-state index contributed by atoms with van der Waals surface area (Å²) in [6.07, 6.45) is 6.44. The summed E-state index contributed by atoms with van der Waals surface area (Å²) >= 11 is 0. The van der Waals surface area contributed by atoms with Gasteiger partial charge in [0.05, 0.1) is 0 Å². The second-order valence-corrected chi connectivity index (χ2v) is 22.7. The molecular weight excluding hydrogens is 462 g/mol. The van der Waals surface area contributed by atoms with E-state index in [-0.39, 0.29) is 21.7 Å². The van der Waals surface area contributed by atoms with E-state index >= 15 is 0 Å². The number of nitrogens with zero attached hydrogens (tertiary/aromatic N) is 1. The Morgan fingerprint density at radius 3 is 1.71 bits per heavy atom. The van der Waals surface area contributed by atoms with E-state index in [9.17, 15) is 4.46 Å². The Hall–Kier alpha value is 0.00494. The first-order chi connectivity index (χ1) is 13.6. The smallest absolute Gasteiger partial charge is 0.377 e. The Bertz CT molecular complexity index is 723. The normalized spacial score (nSPS) is 19.8. The fraction of sp³-hybridized carbons (Fsp3) is 0.760. The quantitative estimate of drug-likeness (QED) is 0.295. The van der Waals surface area contributed by atoms with Crippen molar-refractivity contribution in [2.45, 2.75) is 111 Å². The van der Waals surface area contributed by atoms with E-state index < -0.39 is 25.0 Å². The number of hydrogen-bond donors (Lipinski definition) is 0. The number of hydrogen-bond acceptors (Lipinski definition) is 1. The molecule has 31 heavy (non-hydrogen) atoms. The van der Waals surface area contributed by atoms with E-state index in [2.05, 4.69) is 89.7 Å². The van der Waals surface area contributed by atoms with Crippen LogP contribution in [0.3, 0.4) is 0 Å². The second kappa shape index (κ2) is 13.0. The van der Waals surface area contributed by atoms with Crippen molar-refractivity contribution in [1.82, 2.24) is 4.57 Å². The third-order valence-corrected chi connectivity index (χ3v) is 10.3. The molecule has 0 spiro atoms. The molecule has 0 aliphatic heterocycles. The van der Waals surface area contributed by atoms with Crippen molar-refractivity contribution in [2.24, 2.45) is 5.92 Å². The van der Waals surface area contributed by atoms with Crippen LogP contribution in [0.2, 0.25) is 45.3 Å². The molecule has 2 aliphatic carbocycles. The van der Waals surface area contributed by atoms with Gasteiger partial charge in [0.15, 0.2) is 0 Å². The molecule has 0 aromatic carbocycles.